The first-order valence-electron chi connectivity index (χ1n) is 10.1. The summed E-state index contributed by atoms with van der Waals surface area (Å²) in [5.74, 6) is -0.0946. The summed E-state index contributed by atoms with van der Waals surface area (Å²) in [5, 5.41) is 4.45. The first kappa shape index (κ1) is 19.0. The number of carbonyl (C=O) groups excluding carboxylic acids is 1. The lowest BCUT2D eigenvalue weighted by Gasteiger charge is -2.42. The van der Waals surface area contributed by atoms with Crippen LogP contribution in [0.25, 0.3) is 0 Å². The van der Waals surface area contributed by atoms with Gasteiger partial charge in [-0.15, -0.1) is 0 Å². The van der Waals surface area contributed by atoms with E-state index in [9.17, 15) is 9.18 Å². The lowest BCUT2D eigenvalue weighted by Crippen LogP contribution is -2.53. The maximum absolute atomic E-state index is 13.9. The summed E-state index contributed by atoms with van der Waals surface area (Å²) < 4.78 is 15.7. The minimum Gasteiger partial charge on any atom is -0.361 e. The maximum Gasteiger partial charge on any atom is 0.244 e. The molecule has 4 rings (SSSR count). The van der Waals surface area contributed by atoms with Crippen molar-refractivity contribution in [3.8, 4) is 0 Å². The number of carbonyl (C=O) groups is 1. The molecule has 6 heteroatoms. The Bertz CT molecular complexity index is 890. The minimum absolute atomic E-state index is 0.123. The van der Waals surface area contributed by atoms with E-state index >= 15 is 0 Å². The number of nitrogens with zero attached hydrogens (tertiary/aromatic N) is 4. The molecule has 2 saturated heterocycles. The van der Waals surface area contributed by atoms with Crippen LogP contribution in [-0.2, 0) is 11.3 Å². The topological polar surface area (TPSA) is 41.4 Å². The summed E-state index contributed by atoms with van der Waals surface area (Å²) in [4.78, 5) is 17.6. The van der Waals surface area contributed by atoms with E-state index in [4.69, 9.17) is 0 Å². The van der Waals surface area contributed by atoms with Gasteiger partial charge in [0.25, 0.3) is 0 Å². The van der Waals surface area contributed by atoms with Gasteiger partial charge in [0.05, 0.1) is 17.8 Å². The molecular formula is C22H29FN4O. The predicted molar refractivity (Wildman–Crippen MR) is 108 cm³/mol. The zero-order valence-electron chi connectivity index (χ0n) is 17.2. The lowest BCUT2D eigenvalue weighted by atomic mass is 9.94. The van der Waals surface area contributed by atoms with E-state index in [0.717, 1.165) is 42.9 Å². The van der Waals surface area contributed by atoms with Crippen LogP contribution in [0.15, 0.2) is 30.3 Å². The van der Waals surface area contributed by atoms with E-state index in [1.165, 1.54) is 6.07 Å². The van der Waals surface area contributed by atoms with Crippen LogP contribution >= 0.6 is 0 Å². The normalized spacial score (nSPS) is 23.8. The van der Waals surface area contributed by atoms with Crippen molar-refractivity contribution in [3.05, 3.63) is 47.5 Å². The van der Waals surface area contributed by atoms with Gasteiger partial charge in [-0.1, -0.05) is 6.07 Å². The predicted octanol–water partition coefficient (Wildman–Crippen LogP) is 3.69. The molecule has 0 spiro atoms. The third kappa shape index (κ3) is 3.29. The van der Waals surface area contributed by atoms with Crippen molar-refractivity contribution in [1.29, 1.82) is 0 Å². The standard InChI is InChI=1S/C22H29FN4O/c1-15-11-16(2)26(24-15)14-21(28)25-10-6-9-19-20(25)13-22(3,4)27(19)18-8-5-7-17(23)12-18/h5,7-8,11-12,19-20H,6,9-10,13-14H2,1-4H3/t19-,20-/m0/s1. The third-order valence-electron chi connectivity index (χ3n) is 6.23. The van der Waals surface area contributed by atoms with Gasteiger partial charge < -0.3 is 9.80 Å². The Hall–Kier alpha value is -2.37. The van der Waals surface area contributed by atoms with Gasteiger partial charge in [0.1, 0.15) is 12.4 Å². The highest BCUT2D eigenvalue weighted by atomic mass is 19.1. The highest BCUT2D eigenvalue weighted by Gasteiger charge is 2.50. The molecule has 0 saturated carbocycles. The Morgan fingerprint density at radius 2 is 2.04 bits per heavy atom. The van der Waals surface area contributed by atoms with Gasteiger partial charge in [-0.3, -0.25) is 9.48 Å². The van der Waals surface area contributed by atoms with E-state index in [-0.39, 0.29) is 35.9 Å². The number of fused-ring (bicyclic) bond motifs is 1. The maximum atomic E-state index is 13.9. The molecule has 3 heterocycles. The van der Waals surface area contributed by atoms with Crippen molar-refractivity contribution in [3.63, 3.8) is 0 Å². The average Bonchev–Trinajstić information content (AvgIpc) is 3.08. The van der Waals surface area contributed by atoms with Crippen molar-refractivity contribution in [2.45, 2.75) is 71.1 Å². The smallest absolute Gasteiger partial charge is 0.244 e. The summed E-state index contributed by atoms with van der Waals surface area (Å²) in [6, 6.07) is 9.20. The molecule has 0 aliphatic carbocycles. The fourth-order valence-electron chi connectivity index (χ4n) is 5.17. The van der Waals surface area contributed by atoms with Crippen LogP contribution in [-0.4, -0.2) is 44.8 Å². The zero-order chi connectivity index (χ0) is 20.1. The SMILES string of the molecule is Cc1cc(C)n(CC(=O)N2CCC[C@H]3[C@@H]2CC(C)(C)N3c2cccc(F)c2)n1. The highest BCUT2D eigenvalue weighted by molar-refractivity contribution is 5.77. The summed E-state index contributed by atoms with van der Waals surface area (Å²) in [6.07, 6.45) is 2.87. The van der Waals surface area contributed by atoms with Crippen LogP contribution in [0.1, 0.15) is 44.5 Å². The van der Waals surface area contributed by atoms with Gasteiger partial charge >= 0.3 is 0 Å². The second-order valence-electron chi connectivity index (χ2n) is 8.82. The van der Waals surface area contributed by atoms with E-state index in [2.05, 4.69) is 23.8 Å². The zero-order valence-corrected chi connectivity index (χ0v) is 17.2. The van der Waals surface area contributed by atoms with E-state index in [1.54, 1.807) is 16.8 Å². The Labute approximate surface area is 166 Å². The minimum atomic E-state index is -0.218. The van der Waals surface area contributed by atoms with Crippen LogP contribution in [0.2, 0.25) is 0 Å². The third-order valence-corrected chi connectivity index (χ3v) is 6.23. The molecule has 2 atom stereocenters. The molecule has 2 aliphatic rings. The molecule has 1 amide bonds. The second-order valence-corrected chi connectivity index (χ2v) is 8.82. The van der Waals surface area contributed by atoms with Gasteiger partial charge in [-0.25, -0.2) is 4.39 Å². The van der Waals surface area contributed by atoms with Crippen LogP contribution in [0.5, 0.6) is 0 Å². The average molecular weight is 384 g/mol. The number of anilines is 1. The highest BCUT2D eigenvalue weighted by Crippen LogP contribution is 2.43. The van der Waals surface area contributed by atoms with E-state index in [0.29, 0.717) is 0 Å². The number of amides is 1. The largest absolute Gasteiger partial charge is 0.361 e. The number of benzene rings is 1. The van der Waals surface area contributed by atoms with Gasteiger partial charge in [-0.2, -0.15) is 5.10 Å². The van der Waals surface area contributed by atoms with E-state index < -0.39 is 0 Å². The monoisotopic (exact) mass is 384 g/mol. The van der Waals surface area contributed by atoms with Crippen molar-refractivity contribution in [2.75, 3.05) is 11.4 Å². The molecule has 1 aromatic carbocycles. The number of aromatic nitrogens is 2. The summed E-state index contributed by atoms with van der Waals surface area (Å²) in [5.41, 5.74) is 2.71. The first-order chi connectivity index (χ1) is 13.3. The summed E-state index contributed by atoms with van der Waals surface area (Å²) in [7, 11) is 0. The molecule has 1 aromatic heterocycles. The quantitative estimate of drug-likeness (QED) is 0.811. The number of piperidine rings is 1. The molecule has 0 radical (unpaired) electrons. The summed E-state index contributed by atoms with van der Waals surface area (Å²) >= 11 is 0. The number of likely N-dealkylation sites (tertiary alicyclic amines) is 1. The van der Waals surface area contributed by atoms with Crippen LogP contribution < -0.4 is 4.90 Å². The van der Waals surface area contributed by atoms with Crippen molar-refractivity contribution in [1.82, 2.24) is 14.7 Å². The number of hydrogen-bond acceptors (Lipinski definition) is 3. The number of hydrogen-bond donors (Lipinski definition) is 0. The van der Waals surface area contributed by atoms with Gasteiger partial charge in [0.2, 0.25) is 5.91 Å². The Morgan fingerprint density at radius 3 is 2.71 bits per heavy atom. The molecular weight excluding hydrogens is 355 g/mol. The van der Waals surface area contributed by atoms with Crippen molar-refractivity contribution < 1.29 is 9.18 Å². The first-order valence-corrected chi connectivity index (χ1v) is 10.1. The Kier molecular flexibility index (Phi) is 4.68. The van der Waals surface area contributed by atoms with Crippen molar-refractivity contribution in [2.24, 2.45) is 0 Å². The molecule has 0 bridgehead atoms. The molecule has 5 nitrogen and oxygen atoms in total. The number of aryl methyl sites for hydroxylation is 2. The van der Waals surface area contributed by atoms with Gasteiger partial charge in [-0.05, 0) is 71.2 Å². The number of rotatable bonds is 3. The molecule has 150 valence electrons. The van der Waals surface area contributed by atoms with Gasteiger partial charge in [0, 0.05) is 23.5 Å². The summed E-state index contributed by atoms with van der Waals surface area (Å²) in [6.45, 7) is 9.38. The molecule has 2 aromatic rings. The van der Waals surface area contributed by atoms with E-state index in [1.807, 2.05) is 30.9 Å². The van der Waals surface area contributed by atoms with Crippen LogP contribution in [0.3, 0.4) is 0 Å². The van der Waals surface area contributed by atoms with Gasteiger partial charge in [0.15, 0.2) is 0 Å². The molecule has 0 unspecified atom stereocenters. The second kappa shape index (κ2) is 6.90. The Morgan fingerprint density at radius 1 is 1.25 bits per heavy atom. The Balaban J connectivity index is 1.59. The molecule has 28 heavy (non-hydrogen) atoms. The molecule has 2 aliphatic heterocycles. The number of halogens is 1. The molecule has 2 fully saturated rings. The van der Waals surface area contributed by atoms with Crippen molar-refractivity contribution >= 4 is 11.6 Å². The van der Waals surface area contributed by atoms with Crippen LogP contribution in [0.4, 0.5) is 10.1 Å². The fraction of sp³-hybridized carbons (Fsp3) is 0.545. The van der Waals surface area contributed by atoms with Crippen LogP contribution in [0, 0.1) is 19.7 Å². The lowest BCUT2D eigenvalue weighted by molar-refractivity contribution is -0.135. The molecule has 0 N–H and O–H groups in total. The fourth-order valence-corrected chi connectivity index (χ4v) is 5.17.